The number of thiazole rings is 1. The van der Waals surface area contributed by atoms with Gasteiger partial charge in [0.2, 0.25) is 0 Å². The number of para-hydroxylation sites is 1. The maximum atomic E-state index is 13.4. The molecular weight excluding hydrogens is 368 g/mol. The second kappa shape index (κ2) is 7.60. The molecule has 1 amide bonds. The first-order chi connectivity index (χ1) is 13.5. The van der Waals surface area contributed by atoms with Crippen molar-refractivity contribution in [1.82, 2.24) is 4.98 Å². The average molecular weight is 391 g/mol. The molecule has 0 unspecified atom stereocenters. The lowest BCUT2D eigenvalue weighted by Crippen LogP contribution is -2.30. The van der Waals surface area contributed by atoms with Gasteiger partial charge in [-0.25, -0.2) is 4.98 Å². The van der Waals surface area contributed by atoms with Crippen LogP contribution >= 0.6 is 11.3 Å². The summed E-state index contributed by atoms with van der Waals surface area (Å²) in [7, 11) is 0. The highest BCUT2D eigenvalue weighted by Crippen LogP contribution is 2.35. The molecule has 4 rings (SSSR count). The molecule has 0 saturated carbocycles. The van der Waals surface area contributed by atoms with E-state index in [0.717, 1.165) is 21.5 Å². The highest BCUT2D eigenvalue weighted by Gasteiger charge is 2.24. The fraction of sp³-hybridized carbons (Fsp3) is 0.217. The molecule has 2 aromatic carbocycles. The molecule has 4 nitrogen and oxygen atoms in total. The molecule has 5 heteroatoms. The van der Waals surface area contributed by atoms with Crippen molar-refractivity contribution >= 4 is 32.6 Å². The third-order valence-electron chi connectivity index (χ3n) is 4.81. The largest absolute Gasteiger partial charge is 0.467 e. The zero-order valence-corrected chi connectivity index (χ0v) is 17.0. The van der Waals surface area contributed by atoms with Crippen LogP contribution in [0, 0.1) is 6.92 Å². The van der Waals surface area contributed by atoms with Gasteiger partial charge in [0.15, 0.2) is 5.13 Å². The van der Waals surface area contributed by atoms with Gasteiger partial charge in [0.1, 0.15) is 5.76 Å². The Hall–Kier alpha value is -2.92. The second-order valence-electron chi connectivity index (χ2n) is 7.13. The van der Waals surface area contributed by atoms with Crippen molar-refractivity contribution in [2.75, 3.05) is 4.90 Å². The number of carbonyl (C=O) groups is 1. The zero-order chi connectivity index (χ0) is 19.7. The molecule has 0 fully saturated rings. The van der Waals surface area contributed by atoms with Gasteiger partial charge < -0.3 is 4.42 Å². The Morgan fingerprint density at radius 3 is 2.64 bits per heavy atom. The number of benzene rings is 2. The fourth-order valence-corrected chi connectivity index (χ4v) is 4.28. The summed E-state index contributed by atoms with van der Waals surface area (Å²) < 4.78 is 6.61. The average Bonchev–Trinajstić information content (AvgIpc) is 3.34. The Labute approximate surface area is 168 Å². The summed E-state index contributed by atoms with van der Waals surface area (Å²) in [5, 5.41) is 0.688. The van der Waals surface area contributed by atoms with Gasteiger partial charge in [-0.1, -0.05) is 55.5 Å². The van der Waals surface area contributed by atoms with Crippen LogP contribution in [-0.2, 0) is 6.54 Å². The van der Waals surface area contributed by atoms with E-state index in [1.54, 1.807) is 11.2 Å². The monoisotopic (exact) mass is 390 g/mol. The van der Waals surface area contributed by atoms with Crippen molar-refractivity contribution in [2.45, 2.75) is 33.2 Å². The van der Waals surface area contributed by atoms with Gasteiger partial charge in [-0.15, -0.1) is 0 Å². The Balaban J connectivity index is 1.82. The minimum atomic E-state index is -0.0698. The molecule has 0 saturated heterocycles. The number of aromatic nitrogens is 1. The molecule has 0 aliphatic rings. The van der Waals surface area contributed by atoms with Gasteiger partial charge in [0.25, 0.3) is 5.91 Å². The summed E-state index contributed by atoms with van der Waals surface area (Å²) in [6, 6.07) is 17.6. The fourth-order valence-electron chi connectivity index (χ4n) is 3.28. The molecule has 0 spiro atoms. The Kier molecular flexibility index (Phi) is 5.01. The van der Waals surface area contributed by atoms with Gasteiger partial charge in [0.05, 0.1) is 23.0 Å². The predicted molar refractivity (Wildman–Crippen MR) is 114 cm³/mol. The van der Waals surface area contributed by atoms with E-state index in [4.69, 9.17) is 9.40 Å². The molecule has 0 atom stereocenters. The van der Waals surface area contributed by atoms with Crippen molar-refractivity contribution in [3.63, 3.8) is 0 Å². The normalized spacial score (nSPS) is 11.3. The number of amides is 1. The van der Waals surface area contributed by atoms with E-state index < -0.39 is 0 Å². The van der Waals surface area contributed by atoms with Gasteiger partial charge in [0, 0.05) is 5.56 Å². The van der Waals surface area contributed by atoms with Crippen molar-refractivity contribution in [3.05, 3.63) is 83.3 Å². The summed E-state index contributed by atoms with van der Waals surface area (Å²) in [5.74, 6) is 1.02. The van der Waals surface area contributed by atoms with E-state index in [0.29, 0.717) is 23.2 Å². The van der Waals surface area contributed by atoms with Crippen LogP contribution in [0.25, 0.3) is 10.2 Å². The first-order valence-electron chi connectivity index (χ1n) is 9.34. The van der Waals surface area contributed by atoms with Crippen LogP contribution in [0.5, 0.6) is 0 Å². The van der Waals surface area contributed by atoms with Crippen LogP contribution in [0.4, 0.5) is 5.13 Å². The molecule has 2 heterocycles. The molecule has 0 aliphatic heterocycles. The van der Waals surface area contributed by atoms with Gasteiger partial charge in [-0.2, -0.15) is 0 Å². The highest BCUT2D eigenvalue weighted by molar-refractivity contribution is 7.22. The second-order valence-corrected chi connectivity index (χ2v) is 8.14. The van der Waals surface area contributed by atoms with Crippen LogP contribution in [0.15, 0.2) is 65.3 Å². The molecule has 0 bridgehead atoms. The summed E-state index contributed by atoms with van der Waals surface area (Å²) in [4.78, 5) is 20.0. The third kappa shape index (κ3) is 3.45. The number of fused-ring (bicyclic) bond motifs is 1. The van der Waals surface area contributed by atoms with E-state index in [1.807, 2.05) is 43.3 Å². The standard InChI is InChI=1S/C23H22N2O2S/c1-15(2)18-11-6-12-20-21(18)24-23(28-20)25(14-17-9-7-13-27-17)22(26)19-10-5-4-8-16(19)3/h4-13,15H,14H2,1-3H3. The Bertz CT molecular complexity index is 1110. The SMILES string of the molecule is Cc1ccccc1C(=O)N(Cc1ccco1)c1nc2c(C(C)C)cccc2s1. The lowest BCUT2D eigenvalue weighted by Gasteiger charge is -2.19. The van der Waals surface area contributed by atoms with Crippen molar-refractivity contribution < 1.29 is 9.21 Å². The van der Waals surface area contributed by atoms with Crippen molar-refractivity contribution in [1.29, 1.82) is 0 Å². The van der Waals surface area contributed by atoms with Crippen molar-refractivity contribution in [2.24, 2.45) is 0 Å². The third-order valence-corrected chi connectivity index (χ3v) is 5.85. The number of anilines is 1. The maximum absolute atomic E-state index is 13.4. The summed E-state index contributed by atoms with van der Waals surface area (Å²) in [6.45, 7) is 6.62. The molecular formula is C23H22N2O2S. The maximum Gasteiger partial charge on any atom is 0.260 e. The zero-order valence-electron chi connectivity index (χ0n) is 16.2. The molecule has 2 aromatic heterocycles. The molecule has 0 aliphatic carbocycles. The number of rotatable bonds is 5. The topological polar surface area (TPSA) is 46.3 Å². The van der Waals surface area contributed by atoms with Crippen molar-refractivity contribution in [3.8, 4) is 0 Å². The lowest BCUT2D eigenvalue weighted by atomic mass is 10.0. The molecule has 0 radical (unpaired) electrons. The van der Waals surface area contributed by atoms with E-state index >= 15 is 0 Å². The number of hydrogen-bond acceptors (Lipinski definition) is 4. The van der Waals surface area contributed by atoms with Crippen LogP contribution in [0.1, 0.15) is 47.0 Å². The number of hydrogen-bond donors (Lipinski definition) is 0. The minimum Gasteiger partial charge on any atom is -0.467 e. The van der Waals surface area contributed by atoms with Gasteiger partial charge in [-0.3, -0.25) is 9.69 Å². The number of carbonyl (C=O) groups excluding carboxylic acids is 1. The van der Waals surface area contributed by atoms with Crippen LogP contribution in [-0.4, -0.2) is 10.9 Å². The van der Waals surface area contributed by atoms with Crippen LogP contribution in [0.3, 0.4) is 0 Å². The summed E-state index contributed by atoms with van der Waals surface area (Å²) in [5.41, 5.74) is 3.79. The van der Waals surface area contributed by atoms with Crippen LogP contribution in [0.2, 0.25) is 0 Å². The lowest BCUT2D eigenvalue weighted by molar-refractivity contribution is 0.0982. The Morgan fingerprint density at radius 2 is 1.93 bits per heavy atom. The molecule has 0 N–H and O–H groups in total. The summed E-state index contributed by atoms with van der Waals surface area (Å²) >= 11 is 1.54. The molecule has 4 aromatic rings. The highest BCUT2D eigenvalue weighted by atomic mass is 32.1. The Morgan fingerprint density at radius 1 is 1.11 bits per heavy atom. The minimum absolute atomic E-state index is 0.0698. The van der Waals surface area contributed by atoms with Gasteiger partial charge >= 0.3 is 0 Å². The smallest absolute Gasteiger partial charge is 0.260 e. The predicted octanol–water partition coefficient (Wildman–Crippen LogP) is 6.17. The van der Waals surface area contributed by atoms with Crippen LogP contribution < -0.4 is 4.90 Å². The number of furan rings is 1. The molecule has 28 heavy (non-hydrogen) atoms. The van der Waals surface area contributed by atoms with Gasteiger partial charge in [-0.05, 0) is 48.2 Å². The van der Waals surface area contributed by atoms with E-state index in [2.05, 4.69) is 32.0 Å². The first-order valence-corrected chi connectivity index (χ1v) is 10.2. The molecule has 142 valence electrons. The summed E-state index contributed by atoms with van der Waals surface area (Å²) in [6.07, 6.45) is 1.63. The van der Waals surface area contributed by atoms with E-state index in [-0.39, 0.29) is 5.91 Å². The number of aryl methyl sites for hydroxylation is 1. The van der Waals surface area contributed by atoms with E-state index in [1.165, 1.54) is 16.9 Å². The number of nitrogens with zero attached hydrogens (tertiary/aromatic N) is 2. The first kappa shape index (κ1) is 18.4. The van der Waals surface area contributed by atoms with E-state index in [9.17, 15) is 4.79 Å². The quantitative estimate of drug-likeness (QED) is 0.409.